The van der Waals surface area contributed by atoms with Crippen LogP contribution in [-0.2, 0) is 28.9 Å². The van der Waals surface area contributed by atoms with Crippen molar-refractivity contribution in [3.63, 3.8) is 0 Å². The number of rotatable bonds is 5. The normalized spacial score (nSPS) is 26.4. The maximum Gasteiger partial charge on any atom is 0.326 e. The van der Waals surface area contributed by atoms with E-state index in [-0.39, 0.29) is 18.4 Å². The largest absolute Gasteiger partial charge is 0.480 e. The molecule has 132 valence electrons. The third-order valence-corrected chi connectivity index (χ3v) is 5.60. The number of fused-ring (bicyclic) bond motifs is 1. The van der Waals surface area contributed by atoms with Crippen LogP contribution in [-0.4, -0.2) is 39.1 Å². The van der Waals surface area contributed by atoms with Gasteiger partial charge in [0.25, 0.3) is 0 Å². The average Bonchev–Trinajstić information content (AvgIpc) is 3.15. The van der Waals surface area contributed by atoms with Gasteiger partial charge in [0.1, 0.15) is 11.8 Å². The lowest BCUT2D eigenvalue weighted by molar-refractivity contribution is -0.149. The van der Waals surface area contributed by atoms with Gasteiger partial charge in [-0.1, -0.05) is 31.8 Å². The predicted molar refractivity (Wildman–Crippen MR) is 87.6 cm³/mol. The number of hydrogen-bond acceptors (Lipinski definition) is 4. The van der Waals surface area contributed by atoms with Gasteiger partial charge in [-0.15, -0.1) is 0 Å². The molecule has 1 aliphatic heterocycles. The second-order valence-electron chi connectivity index (χ2n) is 6.92. The van der Waals surface area contributed by atoms with Crippen LogP contribution in [0.1, 0.15) is 63.0 Å². The molecule has 1 aromatic rings. The van der Waals surface area contributed by atoms with Crippen molar-refractivity contribution >= 4 is 11.9 Å². The molecule has 1 saturated carbocycles. The number of aryl methyl sites for hydroxylation is 2. The molecule has 2 heterocycles. The molecule has 0 aromatic carbocycles. The third kappa shape index (κ3) is 2.94. The van der Waals surface area contributed by atoms with Gasteiger partial charge in [0.05, 0.1) is 12.1 Å². The number of aromatic nitrogens is 1. The Labute approximate surface area is 142 Å². The van der Waals surface area contributed by atoms with Gasteiger partial charge < -0.3 is 14.5 Å². The first-order valence-corrected chi connectivity index (χ1v) is 9.07. The van der Waals surface area contributed by atoms with Gasteiger partial charge in [-0.25, -0.2) is 4.79 Å². The summed E-state index contributed by atoms with van der Waals surface area (Å²) < 4.78 is 5.34. The monoisotopic (exact) mass is 334 g/mol. The second kappa shape index (κ2) is 6.95. The van der Waals surface area contributed by atoms with Crippen LogP contribution < -0.4 is 0 Å². The number of carbonyl (C=O) groups excluding carboxylic acids is 1. The fourth-order valence-corrected chi connectivity index (χ4v) is 4.42. The van der Waals surface area contributed by atoms with Crippen LogP contribution >= 0.6 is 0 Å². The molecule has 3 atom stereocenters. The Morgan fingerprint density at radius 2 is 2.00 bits per heavy atom. The van der Waals surface area contributed by atoms with E-state index in [0.29, 0.717) is 25.2 Å². The fourth-order valence-electron chi connectivity index (χ4n) is 4.42. The molecule has 1 amide bonds. The standard InChI is InChI=1S/C18H26N2O4/c1-3-13-12(16(4-2)24-19-13)10-17(21)20-14-8-6-5-7-11(14)9-15(20)18(22)23/h11,14-15H,3-10H2,1-2H3,(H,22,23). The van der Waals surface area contributed by atoms with Crippen LogP contribution in [0.5, 0.6) is 0 Å². The summed E-state index contributed by atoms with van der Waals surface area (Å²) in [6.07, 6.45) is 6.35. The van der Waals surface area contributed by atoms with Gasteiger partial charge in [-0.3, -0.25) is 4.79 Å². The zero-order valence-corrected chi connectivity index (χ0v) is 14.5. The Kier molecular flexibility index (Phi) is 4.92. The molecule has 24 heavy (non-hydrogen) atoms. The number of aliphatic carboxylic acids is 1. The van der Waals surface area contributed by atoms with Gasteiger partial charge >= 0.3 is 5.97 Å². The van der Waals surface area contributed by atoms with Crippen LogP contribution in [0.25, 0.3) is 0 Å². The summed E-state index contributed by atoms with van der Waals surface area (Å²) in [6.45, 7) is 3.96. The lowest BCUT2D eigenvalue weighted by Crippen LogP contribution is -2.47. The minimum Gasteiger partial charge on any atom is -0.480 e. The highest BCUT2D eigenvalue weighted by molar-refractivity contribution is 5.86. The van der Waals surface area contributed by atoms with E-state index in [9.17, 15) is 14.7 Å². The van der Waals surface area contributed by atoms with E-state index in [1.807, 2.05) is 13.8 Å². The number of carbonyl (C=O) groups is 2. The topological polar surface area (TPSA) is 83.6 Å². The lowest BCUT2D eigenvalue weighted by atomic mass is 9.84. The van der Waals surface area contributed by atoms with Gasteiger partial charge in [0, 0.05) is 18.0 Å². The minimum atomic E-state index is -0.880. The van der Waals surface area contributed by atoms with Crippen molar-refractivity contribution in [1.82, 2.24) is 10.1 Å². The van der Waals surface area contributed by atoms with E-state index in [2.05, 4.69) is 5.16 Å². The van der Waals surface area contributed by atoms with E-state index in [1.54, 1.807) is 4.90 Å². The van der Waals surface area contributed by atoms with Crippen LogP contribution in [0.3, 0.4) is 0 Å². The molecular formula is C18H26N2O4. The molecule has 1 aliphatic carbocycles. The first kappa shape index (κ1) is 17.0. The van der Waals surface area contributed by atoms with Crippen molar-refractivity contribution in [1.29, 1.82) is 0 Å². The van der Waals surface area contributed by atoms with Crippen molar-refractivity contribution < 1.29 is 19.2 Å². The van der Waals surface area contributed by atoms with Crippen molar-refractivity contribution in [3.8, 4) is 0 Å². The molecule has 2 fully saturated rings. The van der Waals surface area contributed by atoms with Crippen molar-refractivity contribution in [2.45, 2.75) is 77.3 Å². The predicted octanol–water partition coefficient (Wildman–Crippen LogP) is 2.59. The molecule has 6 heteroatoms. The molecule has 3 unspecified atom stereocenters. The molecule has 0 spiro atoms. The smallest absolute Gasteiger partial charge is 0.326 e. The molecule has 1 aromatic heterocycles. The van der Waals surface area contributed by atoms with E-state index in [4.69, 9.17) is 4.52 Å². The third-order valence-electron chi connectivity index (χ3n) is 5.60. The van der Waals surface area contributed by atoms with Gasteiger partial charge in [-0.05, 0) is 31.6 Å². The van der Waals surface area contributed by atoms with E-state index >= 15 is 0 Å². The van der Waals surface area contributed by atoms with Crippen LogP contribution in [0.15, 0.2) is 4.52 Å². The van der Waals surface area contributed by atoms with E-state index in [0.717, 1.165) is 42.7 Å². The Hall–Kier alpha value is -1.85. The Bertz CT molecular complexity index is 603. The summed E-state index contributed by atoms with van der Waals surface area (Å²) >= 11 is 0. The average molecular weight is 334 g/mol. The Morgan fingerprint density at radius 1 is 1.25 bits per heavy atom. The Balaban J connectivity index is 1.84. The zero-order valence-electron chi connectivity index (χ0n) is 14.5. The van der Waals surface area contributed by atoms with Crippen molar-refractivity contribution in [2.75, 3.05) is 0 Å². The highest BCUT2D eigenvalue weighted by Crippen LogP contribution is 2.40. The molecule has 6 nitrogen and oxygen atoms in total. The maximum atomic E-state index is 13.0. The molecule has 2 aliphatic rings. The molecular weight excluding hydrogens is 308 g/mol. The summed E-state index contributed by atoms with van der Waals surface area (Å²) in [5, 5.41) is 13.6. The number of nitrogens with zero attached hydrogens (tertiary/aromatic N) is 2. The maximum absolute atomic E-state index is 13.0. The van der Waals surface area contributed by atoms with Gasteiger partial charge in [0.15, 0.2) is 0 Å². The highest BCUT2D eigenvalue weighted by atomic mass is 16.5. The highest BCUT2D eigenvalue weighted by Gasteiger charge is 2.47. The summed E-state index contributed by atoms with van der Waals surface area (Å²) in [7, 11) is 0. The van der Waals surface area contributed by atoms with Gasteiger partial charge in [0.2, 0.25) is 5.91 Å². The van der Waals surface area contributed by atoms with Crippen molar-refractivity contribution in [3.05, 3.63) is 17.0 Å². The van der Waals surface area contributed by atoms with Crippen LogP contribution in [0.2, 0.25) is 0 Å². The summed E-state index contributed by atoms with van der Waals surface area (Å²) in [5.41, 5.74) is 1.67. The first-order chi connectivity index (χ1) is 11.6. The first-order valence-electron chi connectivity index (χ1n) is 9.07. The summed E-state index contributed by atoms with van der Waals surface area (Å²) in [6, 6.07) is -0.594. The van der Waals surface area contributed by atoms with E-state index < -0.39 is 12.0 Å². The molecule has 3 rings (SSSR count). The number of carboxylic acids is 1. The zero-order chi connectivity index (χ0) is 17.3. The molecule has 1 N–H and O–H groups in total. The van der Waals surface area contributed by atoms with Gasteiger partial charge in [-0.2, -0.15) is 0 Å². The summed E-state index contributed by atoms with van der Waals surface area (Å²) in [4.78, 5) is 26.4. The lowest BCUT2D eigenvalue weighted by Gasteiger charge is -2.33. The number of carboxylic acid groups (broad SMARTS) is 1. The van der Waals surface area contributed by atoms with Crippen molar-refractivity contribution in [2.24, 2.45) is 5.92 Å². The molecule has 1 saturated heterocycles. The van der Waals surface area contributed by atoms with Crippen LogP contribution in [0.4, 0.5) is 0 Å². The Morgan fingerprint density at radius 3 is 2.67 bits per heavy atom. The van der Waals surface area contributed by atoms with E-state index in [1.165, 1.54) is 0 Å². The molecule has 0 radical (unpaired) electrons. The quantitative estimate of drug-likeness (QED) is 0.895. The second-order valence-corrected chi connectivity index (χ2v) is 6.92. The fraction of sp³-hybridized carbons (Fsp3) is 0.722. The number of likely N-dealkylation sites (tertiary alicyclic amines) is 1. The number of hydrogen-bond donors (Lipinski definition) is 1. The summed E-state index contributed by atoms with van der Waals surface area (Å²) in [5.74, 6) is 0.105. The SMILES string of the molecule is CCc1noc(CC)c1CC(=O)N1C(C(=O)O)CC2CCCCC21. The van der Waals surface area contributed by atoms with Crippen LogP contribution in [0, 0.1) is 5.92 Å². The number of amides is 1. The molecule has 0 bridgehead atoms. The minimum absolute atomic E-state index is 0.0855.